The fraction of sp³-hybridized carbons (Fsp3) is 0.434. The minimum absolute atomic E-state index is 0.0103. The minimum atomic E-state index is -5.45. The van der Waals surface area contributed by atoms with E-state index in [1.54, 1.807) is 0 Å². The maximum atomic E-state index is 15.9. The van der Waals surface area contributed by atoms with E-state index in [9.17, 15) is 77.0 Å². The predicted molar refractivity (Wildman–Crippen MR) is 304 cm³/mol. The summed E-state index contributed by atoms with van der Waals surface area (Å²) in [6.07, 6.45) is -11.9. The molecule has 0 fully saturated rings. The number of pyridine rings is 1. The second-order valence-corrected chi connectivity index (χ2v) is 29.7. The van der Waals surface area contributed by atoms with Gasteiger partial charge in [0.2, 0.25) is 21.8 Å². The zero-order chi connectivity index (χ0) is 65.4. The number of nitrogens with one attached hydrogen (secondary N) is 1. The third-order valence-electron chi connectivity index (χ3n) is 14.5. The van der Waals surface area contributed by atoms with Gasteiger partial charge in [-0.2, -0.15) is 49.6 Å². The van der Waals surface area contributed by atoms with E-state index in [0.29, 0.717) is 12.3 Å². The Labute approximate surface area is 509 Å². The highest BCUT2D eigenvalue weighted by molar-refractivity contribution is 14.1. The monoisotopic (exact) mass is 1430 g/mol. The number of benzene rings is 3. The number of sulfone groups is 1. The number of carboxylic acid groups (broad SMARTS) is 1. The molecule has 19 nitrogen and oxygen atoms in total. The van der Waals surface area contributed by atoms with Crippen molar-refractivity contribution in [1.29, 1.82) is 0 Å². The SMILES string of the molecule is Cc1cc(CC(=O)O)cc(OP(=O)(O)O)c1C(C)(C)CC(=O)N(c1nn(CC(F)(F)F)c2c(-c3ccc(CCC(C)(C)S(C)(=O)=O)nc3[C@H](Cc3cc(F)cc(F)c3)NC(=O)Cn3nc(C(F)(F)F)c4c3C(F)(F)[C@H](C)[C@@H]4I)ccc(Cl)c12)S(C)(=O)=O. The van der Waals surface area contributed by atoms with Crippen LogP contribution in [0.2, 0.25) is 5.02 Å². The second-order valence-electron chi connectivity index (χ2n) is 22.3. The number of alkyl halides is 9. The predicted octanol–water partition coefficient (Wildman–Crippen LogP) is 10.9. The minimum Gasteiger partial charge on any atom is -0.481 e. The number of anilines is 1. The molecule has 3 heterocycles. The van der Waals surface area contributed by atoms with Crippen molar-refractivity contribution in [2.24, 2.45) is 5.92 Å². The second kappa shape index (κ2) is 24.1. The molecule has 474 valence electrons. The summed E-state index contributed by atoms with van der Waals surface area (Å²) in [5.41, 5.74) is -7.85. The van der Waals surface area contributed by atoms with Crippen LogP contribution in [0.1, 0.15) is 108 Å². The van der Waals surface area contributed by atoms with Gasteiger partial charge in [0.1, 0.15) is 36.2 Å². The zero-order valence-corrected chi connectivity index (χ0v) is 52.3. The maximum absolute atomic E-state index is 15.9. The summed E-state index contributed by atoms with van der Waals surface area (Å²) in [5.74, 6) is -13.9. The van der Waals surface area contributed by atoms with E-state index >= 15 is 17.6 Å². The molecule has 6 aromatic rings. The summed E-state index contributed by atoms with van der Waals surface area (Å²) in [5, 5.41) is 18.1. The van der Waals surface area contributed by atoms with Crippen LogP contribution >= 0.6 is 42.0 Å². The van der Waals surface area contributed by atoms with Crippen molar-refractivity contribution in [3.8, 4) is 16.9 Å². The smallest absolute Gasteiger partial charge is 0.481 e. The number of aromatic nitrogens is 5. The summed E-state index contributed by atoms with van der Waals surface area (Å²) >= 11 is 8.20. The molecule has 0 bridgehead atoms. The Morgan fingerprint density at radius 1 is 0.908 bits per heavy atom. The molecule has 0 saturated heterocycles. The van der Waals surface area contributed by atoms with Gasteiger partial charge in [-0.1, -0.05) is 73.2 Å². The first-order valence-electron chi connectivity index (χ1n) is 25.7. The molecule has 1 aliphatic rings. The molecule has 1 aliphatic carbocycles. The Morgan fingerprint density at radius 2 is 1.52 bits per heavy atom. The van der Waals surface area contributed by atoms with Gasteiger partial charge in [-0.15, -0.1) is 0 Å². The van der Waals surface area contributed by atoms with Crippen molar-refractivity contribution >= 4 is 96.4 Å². The average Bonchev–Trinajstić information content (AvgIpc) is 1.60. The summed E-state index contributed by atoms with van der Waals surface area (Å²) in [4.78, 5) is 65.3. The molecule has 87 heavy (non-hydrogen) atoms. The number of hydrogen-bond donors (Lipinski definition) is 4. The molecule has 3 aromatic carbocycles. The number of aliphatic carboxylic acids is 1. The highest BCUT2D eigenvalue weighted by Crippen LogP contribution is 2.58. The topological polar surface area (TPSA) is 270 Å². The molecule has 0 radical (unpaired) electrons. The van der Waals surface area contributed by atoms with Crippen LogP contribution in [0.5, 0.6) is 5.75 Å². The highest BCUT2D eigenvalue weighted by atomic mass is 127. The lowest BCUT2D eigenvalue weighted by atomic mass is 9.78. The molecule has 0 spiro atoms. The Balaban J connectivity index is 1.48. The van der Waals surface area contributed by atoms with E-state index in [0.717, 1.165) is 43.5 Å². The standard InChI is InChI=1S/C53H54ClF10IN7O12PS2/c1-25-15-27(20-39(75)76)19-36(84-85(77,78)79)42(25)49(3,4)22-38(74)72(87(8,82)83)48-40-34(54)12-11-33(45(40)71(69-48)24-51(57,58)59)32-10-9-31(13-14-50(5,6)86(7,80)81)66-44(32)35(18-28-16-29(55)21-30(56)17-28)67-37(73)23-70-47-41(46(68-70)53(62,63)64)43(65)26(2)52(47,60)61/h9-12,15-17,19,21,26,35,43H,13-14,18,20,22-24H2,1-8H3,(H,67,73)(H,75,76)(H2,77,78,79)/t26-,35+,43+/m1/s1. The van der Waals surface area contributed by atoms with Gasteiger partial charge in [0, 0.05) is 61.9 Å². The molecular weight excluding hydrogens is 1370 g/mol. The Morgan fingerprint density at radius 3 is 2.07 bits per heavy atom. The van der Waals surface area contributed by atoms with Crippen molar-refractivity contribution in [1.82, 2.24) is 29.9 Å². The van der Waals surface area contributed by atoms with Gasteiger partial charge < -0.3 is 14.9 Å². The number of aryl methyl sites for hydroxylation is 2. The van der Waals surface area contributed by atoms with Crippen molar-refractivity contribution in [3.05, 3.63) is 122 Å². The van der Waals surface area contributed by atoms with Crippen LogP contribution in [0.25, 0.3) is 22.0 Å². The van der Waals surface area contributed by atoms with E-state index in [1.807, 2.05) is 0 Å². The number of rotatable bonds is 21. The molecule has 0 aliphatic heterocycles. The number of fused-ring (bicyclic) bond motifs is 2. The molecule has 0 saturated carbocycles. The van der Waals surface area contributed by atoms with Gasteiger partial charge in [-0.3, -0.25) is 38.5 Å². The van der Waals surface area contributed by atoms with Crippen LogP contribution in [0.4, 0.5) is 49.7 Å². The molecule has 2 amide bonds. The van der Waals surface area contributed by atoms with Gasteiger partial charge in [-0.05, 0) is 87.1 Å². The first kappa shape index (κ1) is 68.6. The Hall–Kier alpha value is -5.93. The fourth-order valence-corrected chi connectivity index (χ4v) is 13.5. The molecule has 4 N–H and O–H groups in total. The van der Waals surface area contributed by atoms with Crippen molar-refractivity contribution in [2.75, 3.05) is 16.8 Å². The largest absolute Gasteiger partial charge is 0.524 e. The molecule has 0 unspecified atom stereocenters. The Kier molecular flexibility index (Phi) is 19.0. The quantitative estimate of drug-likeness (QED) is 0.0226. The van der Waals surface area contributed by atoms with E-state index in [4.69, 9.17) is 21.1 Å². The van der Waals surface area contributed by atoms with Crippen LogP contribution in [0.15, 0.2) is 54.6 Å². The number of phosphoric ester groups is 1. The highest BCUT2D eigenvalue weighted by Gasteiger charge is 2.58. The number of sulfonamides is 1. The number of amides is 2. The third kappa shape index (κ3) is 15.1. The number of nitrogens with zero attached hydrogens (tertiary/aromatic N) is 6. The van der Waals surface area contributed by atoms with Gasteiger partial charge >= 0.3 is 26.1 Å². The summed E-state index contributed by atoms with van der Waals surface area (Å²) < 4.78 is 219. The lowest BCUT2D eigenvalue weighted by molar-refractivity contribution is -0.143. The first-order valence-corrected chi connectivity index (χ1v) is 32.6. The van der Waals surface area contributed by atoms with Crippen molar-refractivity contribution in [3.63, 3.8) is 0 Å². The zero-order valence-electron chi connectivity index (χ0n) is 46.9. The number of carbonyl (C=O) groups is 3. The molecule has 3 aromatic heterocycles. The number of phosphoric acid groups is 1. The van der Waals surface area contributed by atoms with Gasteiger partial charge in [-0.25, -0.2) is 30.2 Å². The summed E-state index contributed by atoms with van der Waals surface area (Å²) in [6.45, 7) is 4.27. The normalized spacial score (nSPS) is 16.3. The van der Waals surface area contributed by atoms with Crippen LogP contribution in [0, 0.1) is 24.5 Å². The number of halogens is 12. The van der Waals surface area contributed by atoms with Crippen LogP contribution in [-0.4, -0.2) is 97.5 Å². The van der Waals surface area contributed by atoms with Gasteiger partial charge in [0.25, 0.3) is 5.92 Å². The lowest BCUT2D eigenvalue weighted by Gasteiger charge is -2.31. The number of carbonyl (C=O) groups excluding carboxylic acids is 2. The van der Waals surface area contributed by atoms with E-state index < -0.39 is 189 Å². The van der Waals surface area contributed by atoms with Crippen LogP contribution in [0.3, 0.4) is 0 Å². The number of carboxylic acids is 1. The molecular formula is C53H54ClF10IN7O12PS2. The Bertz CT molecular complexity index is 4030. The molecule has 34 heteroatoms. The van der Waals surface area contributed by atoms with E-state index in [1.165, 1.54) is 75.4 Å². The fourth-order valence-electron chi connectivity index (χ4n) is 10.5. The van der Waals surface area contributed by atoms with E-state index in [2.05, 4.69) is 15.5 Å². The van der Waals surface area contributed by atoms with Gasteiger partial charge in [0.15, 0.2) is 21.3 Å². The van der Waals surface area contributed by atoms with Crippen LogP contribution in [-0.2, 0) is 88.7 Å². The summed E-state index contributed by atoms with van der Waals surface area (Å²) in [6, 6.07) is 7.09. The van der Waals surface area contributed by atoms with Crippen molar-refractivity contribution in [2.45, 2.75) is 125 Å². The average molecular weight is 1430 g/mol. The lowest BCUT2D eigenvalue weighted by Crippen LogP contribution is -2.40. The van der Waals surface area contributed by atoms with Gasteiger partial charge in [0.05, 0.1) is 45.1 Å². The summed E-state index contributed by atoms with van der Waals surface area (Å²) in [7, 11) is -14.3. The third-order valence-corrected chi connectivity index (χ3v) is 20.2. The number of hydrogen-bond acceptors (Lipinski definition) is 12. The molecule has 7 rings (SSSR count). The van der Waals surface area contributed by atoms with Crippen LogP contribution < -0.4 is 14.1 Å². The first-order chi connectivity index (χ1) is 39.6. The van der Waals surface area contributed by atoms with E-state index in [-0.39, 0.29) is 60.0 Å². The van der Waals surface area contributed by atoms with Crippen molar-refractivity contribution < 1.29 is 99.1 Å². The molecule has 3 atom stereocenters. The maximum Gasteiger partial charge on any atom is 0.524 e.